The van der Waals surface area contributed by atoms with E-state index in [1.54, 1.807) is 6.07 Å². The molecule has 1 aromatic heterocycles. The van der Waals surface area contributed by atoms with E-state index in [-0.39, 0.29) is 6.61 Å². The highest BCUT2D eigenvalue weighted by molar-refractivity contribution is 6.30. The summed E-state index contributed by atoms with van der Waals surface area (Å²) in [6, 6.07) is 5.48. The lowest BCUT2D eigenvalue weighted by molar-refractivity contribution is 0.240. The van der Waals surface area contributed by atoms with Gasteiger partial charge in [0.05, 0.1) is 0 Å². The van der Waals surface area contributed by atoms with Gasteiger partial charge in [0.25, 0.3) is 5.89 Å². The van der Waals surface area contributed by atoms with E-state index in [4.69, 9.17) is 26.6 Å². The molecule has 0 radical (unpaired) electrons. The minimum absolute atomic E-state index is 0.246. The second kappa shape index (κ2) is 7.26. The zero-order chi connectivity index (χ0) is 14.4. The first kappa shape index (κ1) is 14.8. The van der Waals surface area contributed by atoms with Gasteiger partial charge in [-0.15, -0.1) is 0 Å². The number of hydrogen-bond acceptors (Lipinski definition) is 5. The van der Waals surface area contributed by atoms with Crippen LogP contribution in [0.3, 0.4) is 0 Å². The van der Waals surface area contributed by atoms with Crippen molar-refractivity contribution in [1.29, 1.82) is 0 Å². The monoisotopic (exact) mass is 295 g/mol. The third kappa shape index (κ3) is 3.95. The molecule has 2 aromatic rings. The Morgan fingerprint density at radius 1 is 1.35 bits per heavy atom. The van der Waals surface area contributed by atoms with Crippen molar-refractivity contribution in [3.8, 4) is 5.75 Å². The summed E-state index contributed by atoms with van der Waals surface area (Å²) >= 11 is 5.97. The first-order valence-electron chi connectivity index (χ1n) is 6.65. The van der Waals surface area contributed by atoms with Crippen molar-refractivity contribution < 1.29 is 9.26 Å². The van der Waals surface area contributed by atoms with Crippen molar-refractivity contribution >= 4 is 11.6 Å². The molecule has 1 aromatic carbocycles. The maximum atomic E-state index is 5.97. The molecule has 2 rings (SSSR count). The van der Waals surface area contributed by atoms with Gasteiger partial charge in [0.15, 0.2) is 12.4 Å². The van der Waals surface area contributed by atoms with Crippen LogP contribution >= 0.6 is 11.6 Å². The highest BCUT2D eigenvalue weighted by atomic mass is 35.5. The number of aromatic nitrogens is 2. The summed E-state index contributed by atoms with van der Waals surface area (Å²) < 4.78 is 10.8. The van der Waals surface area contributed by atoms with Crippen molar-refractivity contribution in [1.82, 2.24) is 10.1 Å². The Labute approximate surface area is 123 Å². The third-order valence-electron chi connectivity index (χ3n) is 2.77. The zero-order valence-corrected chi connectivity index (χ0v) is 12.2. The second-order valence-corrected chi connectivity index (χ2v) is 4.87. The molecule has 0 bridgehead atoms. The fraction of sp³-hybridized carbons (Fsp3) is 0.429. The summed E-state index contributed by atoms with van der Waals surface area (Å²) in [7, 11) is 0. The van der Waals surface area contributed by atoms with Gasteiger partial charge in [0.1, 0.15) is 5.75 Å². The Morgan fingerprint density at radius 3 is 2.95 bits per heavy atom. The van der Waals surface area contributed by atoms with Crippen LogP contribution in [-0.4, -0.2) is 16.7 Å². The average molecular weight is 296 g/mol. The summed E-state index contributed by atoms with van der Waals surface area (Å²) in [4.78, 5) is 4.25. The van der Waals surface area contributed by atoms with Crippen molar-refractivity contribution in [2.24, 2.45) is 5.73 Å². The SMILES string of the molecule is CCCc1noc(COc2ccc(Cl)cc2CCN)n1. The van der Waals surface area contributed by atoms with Gasteiger partial charge in [-0.1, -0.05) is 23.7 Å². The molecule has 108 valence electrons. The topological polar surface area (TPSA) is 74.2 Å². The zero-order valence-electron chi connectivity index (χ0n) is 11.4. The molecule has 0 saturated carbocycles. The summed E-state index contributed by atoms with van der Waals surface area (Å²) in [5.74, 6) is 1.93. The number of nitrogens with two attached hydrogens (primary N) is 1. The van der Waals surface area contributed by atoms with E-state index in [1.807, 2.05) is 12.1 Å². The van der Waals surface area contributed by atoms with Crippen LogP contribution in [0.25, 0.3) is 0 Å². The number of hydrogen-bond donors (Lipinski definition) is 1. The lowest BCUT2D eigenvalue weighted by Gasteiger charge is -2.09. The fourth-order valence-corrected chi connectivity index (χ4v) is 2.05. The first-order valence-corrected chi connectivity index (χ1v) is 7.03. The summed E-state index contributed by atoms with van der Waals surface area (Å²) in [6.07, 6.45) is 2.50. The predicted molar refractivity (Wildman–Crippen MR) is 76.8 cm³/mol. The van der Waals surface area contributed by atoms with Crippen molar-refractivity contribution in [3.63, 3.8) is 0 Å². The Morgan fingerprint density at radius 2 is 2.20 bits per heavy atom. The predicted octanol–water partition coefficient (Wildman–Crippen LogP) is 2.76. The Hall–Kier alpha value is -1.59. The quantitative estimate of drug-likeness (QED) is 0.850. The minimum Gasteiger partial charge on any atom is -0.483 e. The van der Waals surface area contributed by atoms with Gasteiger partial charge in [-0.3, -0.25) is 0 Å². The minimum atomic E-state index is 0.246. The standard InChI is InChI=1S/C14H18ClN3O2/c1-2-3-13-17-14(20-18-13)9-19-12-5-4-11(15)8-10(12)6-7-16/h4-5,8H,2-3,6-7,9,16H2,1H3. The van der Waals surface area contributed by atoms with Gasteiger partial charge in [-0.2, -0.15) is 4.98 Å². The van der Waals surface area contributed by atoms with Crippen molar-refractivity contribution in [2.45, 2.75) is 32.8 Å². The van der Waals surface area contributed by atoms with Gasteiger partial charge >= 0.3 is 0 Å². The molecular formula is C14H18ClN3O2. The van der Waals surface area contributed by atoms with Crippen LogP contribution in [0.2, 0.25) is 5.02 Å². The van der Waals surface area contributed by atoms with Gasteiger partial charge in [-0.05, 0) is 43.1 Å². The molecule has 0 saturated heterocycles. The number of aryl methyl sites for hydroxylation is 1. The van der Waals surface area contributed by atoms with Crippen LogP contribution in [0.1, 0.15) is 30.6 Å². The average Bonchev–Trinajstić information content (AvgIpc) is 2.86. The highest BCUT2D eigenvalue weighted by Gasteiger charge is 2.09. The highest BCUT2D eigenvalue weighted by Crippen LogP contribution is 2.24. The van der Waals surface area contributed by atoms with E-state index in [2.05, 4.69) is 17.1 Å². The van der Waals surface area contributed by atoms with Crippen LogP contribution in [-0.2, 0) is 19.4 Å². The normalized spacial score (nSPS) is 10.8. The van der Waals surface area contributed by atoms with E-state index in [0.29, 0.717) is 29.7 Å². The molecule has 2 N–H and O–H groups in total. The molecule has 0 spiro atoms. The lowest BCUT2D eigenvalue weighted by Crippen LogP contribution is -2.05. The van der Waals surface area contributed by atoms with E-state index in [0.717, 1.165) is 24.2 Å². The number of nitrogens with zero attached hydrogens (tertiary/aromatic N) is 2. The molecule has 20 heavy (non-hydrogen) atoms. The molecule has 0 amide bonds. The second-order valence-electron chi connectivity index (χ2n) is 4.43. The summed E-state index contributed by atoms with van der Waals surface area (Å²) in [5.41, 5.74) is 6.56. The van der Waals surface area contributed by atoms with E-state index in [1.165, 1.54) is 0 Å². The van der Waals surface area contributed by atoms with E-state index in [9.17, 15) is 0 Å². The number of benzene rings is 1. The smallest absolute Gasteiger partial charge is 0.264 e. The van der Waals surface area contributed by atoms with Crippen molar-refractivity contribution in [3.05, 3.63) is 40.5 Å². The van der Waals surface area contributed by atoms with Gasteiger partial charge in [0.2, 0.25) is 0 Å². The molecule has 6 heteroatoms. The van der Waals surface area contributed by atoms with E-state index >= 15 is 0 Å². The first-order chi connectivity index (χ1) is 9.72. The Bertz CT molecular complexity index is 557. The van der Waals surface area contributed by atoms with Gasteiger partial charge in [0, 0.05) is 11.4 Å². The molecule has 0 fully saturated rings. The number of ether oxygens (including phenoxy) is 1. The van der Waals surface area contributed by atoms with Crippen LogP contribution in [0.15, 0.2) is 22.7 Å². The van der Waals surface area contributed by atoms with Crippen molar-refractivity contribution in [2.75, 3.05) is 6.54 Å². The number of rotatable bonds is 7. The molecule has 0 atom stereocenters. The lowest BCUT2D eigenvalue weighted by atomic mass is 10.1. The maximum absolute atomic E-state index is 5.97. The van der Waals surface area contributed by atoms with Gasteiger partial charge in [-0.25, -0.2) is 0 Å². The van der Waals surface area contributed by atoms with Crippen LogP contribution in [0.4, 0.5) is 0 Å². The molecule has 0 unspecified atom stereocenters. The molecule has 5 nitrogen and oxygen atoms in total. The van der Waals surface area contributed by atoms with Crippen LogP contribution in [0.5, 0.6) is 5.75 Å². The van der Waals surface area contributed by atoms with Gasteiger partial charge < -0.3 is 15.0 Å². The molecule has 0 aliphatic rings. The summed E-state index contributed by atoms with van der Waals surface area (Å²) in [6.45, 7) is 2.85. The van der Waals surface area contributed by atoms with E-state index < -0.39 is 0 Å². The molecule has 0 aliphatic heterocycles. The fourth-order valence-electron chi connectivity index (χ4n) is 1.85. The molecule has 1 heterocycles. The Kier molecular flexibility index (Phi) is 5.38. The molecular weight excluding hydrogens is 278 g/mol. The Balaban J connectivity index is 2.02. The van der Waals surface area contributed by atoms with Crippen LogP contribution < -0.4 is 10.5 Å². The largest absolute Gasteiger partial charge is 0.483 e. The van der Waals surface area contributed by atoms with Crippen LogP contribution in [0, 0.1) is 0 Å². The molecule has 0 aliphatic carbocycles. The number of halogens is 1. The third-order valence-corrected chi connectivity index (χ3v) is 3.01. The maximum Gasteiger partial charge on any atom is 0.264 e. The summed E-state index contributed by atoms with van der Waals surface area (Å²) in [5, 5.41) is 4.55.